The number of hydrogen-bond donors (Lipinski definition) is 1. The van der Waals surface area contributed by atoms with Crippen LogP contribution in [0.1, 0.15) is 45.5 Å². The summed E-state index contributed by atoms with van der Waals surface area (Å²) in [5.74, 6) is 1.00. The van der Waals surface area contributed by atoms with Crippen molar-refractivity contribution >= 4 is 16.9 Å². The zero-order valence-corrected chi connectivity index (χ0v) is 14.2. The van der Waals surface area contributed by atoms with Gasteiger partial charge in [0.15, 0.2) is 0 Å². The molecule has 1 aromatic carbocycles. The number of nitrogens with zero attached hydrogens (tertiary/aromatic N) is 3. The van der Waals surface area contributed by atoms with E-state index in [0.717, 1.165) is 42.8 Å². The number of amides is 1. The molecule has 1 saturated heterocycles. The summed E-state index contributed by atoms with van der Waals surface area (Å²) in [4.78, 5) is 19.6. The smallest absolute Gasteiger partial charge is 0.227 e. The molecule has 3 rings (SSSR count). The Kier molecular flexibility index (Phi) is 4.39. The van der Waals surface area contributed by atoms with Crippen molar-refractivity contribution in [2.24, 2.45) is 11.7 Å². The Balaban J connectivity index is 1.98. The van der Waals surface area contributed by atoms with Crippen LogP contribution in [0.3, 0.4) is 0 Å². The molecule has 3 atom stereocenters. The van der Waals surface area contributed by atoms with Crippen LogP contribution in [0.2, 0.25) is 0 Å². The number of carbonyl (C=O) groups excluding carboxylic acids is 1. The SMILES string of the molecule is CCn1c(C2CCCN2C(=O)C(C)C(C)N)nc2ccccc21. The average Bonchev–Trinajstić information content (AvgIpc) is 3.16. The maximum absolute atomic E-state index is 12.8. The van der Waals surface area contributed by atoms with Crippen molar-refractivity contribution < 1.29 is 4.79 Å². The zero-order chi connectivity index (χ0) is 16.6. The van der Waals surface area contributed by atoms with E-state index in [2.05, 4.69) is 17.6 Å². The van der Waals surface area contributed by atoms with Crippen molar-refractivity contribution in [1.82, 2.24) is 14.5 Å². The highest BCUT2D eigenvalue weighted by atomic mass is 16.2. The third kappa shape index (κ3) is 2.74. The van der Waals surface area contributed by atoms with Gasteiger partial charge in [0, 0.05) is 19.1 Å². The number of hydrogen-bond acceptors (Lipinski definition) is 3. The van der Waals surface area contributed by atoms with Gasteiger partial charge in [0.2, 0.25) is 5.91 Å². The first-order chi connectivity index (χ1) is 11.0. The Morgan fingerprint density at radius 1 is 1.39 bits per heavy atom. The first-order valence-corrected chi connectivity index (χ1v) is 8.55. The minimum Gasteiger partial charge on any atom is -0.332 e. The molecule has 2 heterocycles. The van der Waals surface area contributed by atoms with Crippen LogP contribution >= 0.6 is 0 Å². The van der Waals surface area contributed by atoms with E-state index in [4.69, 9.17) is 10.7 Å². The number of rotatable bonds is 4. The summed E-state index contributed by atoms with van der Waals surface area (Å²) in [5.41, 5.74) is 8.08. The fourth-order valence-corrected chi connectivity index (χ4v) is 3.47. The normalized spacial score (nSPS) is 20.9. The van der Waals surface area contributed by atoms with Crippen molar-refractivity contribution in [2.45, 2.75) is 52.2 Å². The van der Waals surface area contributed by atoms with E-state index in [1.54, 1.807) is 0 Å². The Bertz CT molecular complexity index is 706. The molecule has 124 valence electrons. The summed E-state index contributed by atoms with van der Waals surface area (Å²) >= 11 is 0. The Labute approximate surface area is 137 Å². The van der Waals surface area contributed by atoms with Crippen LogP contribution in [0.4, 0.5) is 0 Å². The number of imidazole rings is 1. The van der Waals surface area contributed by atoms with E-state index in [1.807, 2.05) is 36.9 Å². The second-order valence-corrected chi connectivity index (χ2v) is 6.54. The van der Waals surface area contributed by atoms with E-state index in [0.29, 0.717) is 0 Å². The number of nitrogens with two attached hydrogens (primary N) is 1. The third-order valence-corrected chi connectivity index (χ3v) is 5.01. The monoisotopic (exact) mass is 314 g/mol. The summed E-state index contributed by atoms with van der Waals surface area (Å²) in [5, 5.41) is 0. The number of para-hydroxylation sites is 2. The maximum atomic E-state index is 12.8. The molecular weight excluding hydrogens is 288 g/mol. The van der Waals surface area contributed by atoms with Gasteiger partial charge in [-0.25, -0.2) is 4.98 Å². The van der Waals surface area contributed by atoms with Crippen LogP contribution in [0, 0.1) is 5.92 Å². The number of carbonyl (C=O) groups is 1. The standard InChI is InChI=1S/C18H26N4O/c1-4-21-15-9-6-5-8-14(15)20-17(21)16-10-7-11-22(16)18(23)12(2)13(3)19/h5-6,8-9,12-13,16H,4,7,10-11,19H2,1-3H3. The molecule has 5 heteroatoms. The molecule has 1 fully saturated rings. The molecule has 0 aliphatic carbocycles. The van der Waals surface area contributed by atoms with Gasteiger partial charge in [-0.3, -0.25) is 4.79 Å². The zero-order valence-electron chi connectivity index (χ0n) is 14.2. The van der Waals surface area contributed by atoms with Gasteiger partial charge in [-0.05, 0) is 38.8 Å². The van der Waals surface area contributed by atoms with Crippen molar-refractivity contribution in [3.63, 3.8) is 0 Å². The molecule has 2 aromatic rings. The molecule has 2 N–H and O–H groups in total. The number of aromatic nitrogens is 2. The van der Waals surface area contributed by atoms with Gasteiger partial charge in [-0.1, -0.05) is 19.1 Å². The second-order valence-electron chi connectivity index (χ2n) is 6.54. The summed E-state index contributed by atoms with van der Waals surface area (Å²) in [6.45, 7) is 7.61. The second kappa shape index (κ2) is 6.32. The maximum Gasteiger partial charge on any atom is 0.227 e. The minimum absolute atomic E-state index is 0.0658. The molecule has 0 radical (unpaired) electrons. The fraction of sp³-hybridized carbons (Fsp3) is 0.556. The Hall–Kier alpha value is -1.88. The summed E-state index contributed by atoms with van der Waals surface area (Å²) in [6.07, 6.45) is 2.00. The highest BCUT2D eigenvalue weighted by Gasteiger charge is 2.36. The minimum atomic E-state index is -0.157. The van der Waals surface area contributed by atoms with Crippen molar-refractivity contribution in [2.75, 3.05) is 6.54 Å². The van der Waals surface area contributed by atoms with Crippen LogP contribution in [-0.4, -0.2) is 32.9 Å². The van der Waals surface area contributed by atoms with E-state index in [9.17, 15) is 4.79 Å². The lowest BCUT2D eigenvalue weighted by atomic mass is 10.0. The van der Waals surface area contributed by atoms with Crippen molar-refractivity contribution in [3.05, 3.63) is 30.1 Å². The first-order valence-electron chi connectivity index (χ1n) is 8.55. The molecule has 1 aliphatic heterocycles. The lowest BCUT2D eigenvalue weighted by molar-refractivity contribution is -0.136. The molecule has 23 heavy (non-hydrogen) atoms. The predicted octanol–water partition coefficient (Wildman–Crippen LogP) is 2.70. The highest BCUT2D eigenvalue weighted by molar-refractivity contribution is 5.80. The first kappa shape index (κ1) is 16.0. The summed E-state index contributed by atoms with van der Waals surface area (Å²) in [7, 11) is 0. The third-order valence-electron chi connectivity index (χ3n) is 5.01. The van der Waals surface area contributed by atoms with Gasteiger partial charge < -0.3 is 15.2 Å². The fourth-order valence-electron chi connectivity index (χ4n) is 3.47. The topological polar surface area (TPSA) is 64.2 Å². The van der Waals surface area contributed by atoms with Gasteiger partial charge in [-0.15, -0.1) is 0 Å². The highest BCUT2D eigenvalue weighted by Crippen LogP contribution is 2.34. The number of fused-ring (bicyclic) bond motifs is 1. The molecule has 0 spiro atoms. The molecule has 0 bridgehead atoms. The van der Waals surface area contributed by atoms with Crippen molar-refractivity contribution in [1.29, 1.82) is 0 Å². The Morgan fingerprint density at radius 3 is 2.83 bits per heavy atom. The molecular formula is C18H26N4O. The van der Waals surface area contributed by atoms with Crippen LogP contribution in [0.5, 0.6) is 0 Å². The van der Waals surface area contributed by atoms with Crippen molar-refractivity contribution in [3.8, 4) is 0 Å². The number of likely N-dealkylation sites (tertiary alicyclic amines) is 1. The van der Waals surface area contributed by atoms with E-state index in [1.165, 1.54) is 0 Å². The predicted molar refractivity (Wildman–Crippen MR) is 91.9 cm³/mol. The van der Waals surface area contributed by atoms with Crippen LogP contribution in [0.15, 0.2) is 24.3 Å². The quantitative estimate of drug-likeness (QED) is 0.943. The average molecular weight is 314 g/mol. The molecule has 5 nitrogen and oxygen atoms in total. The van der Waals surface area contributed by atoms with E-state index < -0.39 is 0 Å². The number of aryl methyl sites for hydroxylation is 1. The lowest BCUT2D eigenvalue weighted by Gasteiger charge is -2.28. The molecule has 1 aromatic heterocycles. The van der Waals surface area contributed by atoms with Gasteiger partial charge in [0.05, 0.1) is 23.0 Å². The van der Waals surface area contributed by atoms with Gasteiger partial charge in [0.1, 0.15) is 5.82 Å². The lowest BCUT2D eigenvalue weighted by Crippen LogP contribution is -2.41. The Morgan fingerprint density at radius 2 is 2.13 bits per heavy atom. The van der Waals surface area contributed by atoms with Gasteiger partial charge >= 0.3 is 0 Å². The van der Waals surface area contributed by atoms with Crippen LogP contribution < -0.4 is 5.73 Å². The largest absolute Gasteiger partial charge is 0.332 e. The van der Waals surface area contributed by atoms with E-state index in [-0.39, 0.29) is 23.9 Å². The summed E-state index contributed by atoms with van der Waals surface area (Å²) in [6, 6.07) is 8.12. The summed E-state index contributed by atoms with van der Waals surface area (Å²) < 4.78 is 2.24. The van der Waals surface area contributed by atoms with Crippen LogP contribution in [-0.2, 0) is 11.3 Å². The van der Waals surface area contributed by atoms with Gasteiger partial charge in [-0.2, -0.15) is 0 Å². The number of benzene rings is 1. The molecule has 0 saturated carbocycles. The van der Waals surface area contributed by atoms with Gasteiger partial charge in [0.25, 0.3) is 0 Å². The molecule has 1 amide bonds. The molecule has 1 aliphatic rings. The van der Waals surface area contributed by atoms with Crippen LogP contribution in [0.25, 0.3) is 11.0 Å². The van der Waals surface area contributed by atoms with E-state index >= 15 is 0 Å². The molecule has 3 unspecified atom stereocenters.